The van der Waals surface area contributed by atoms with Crippen molar-refractivity contribution in [3.63, 3.8) is 0 Å². The van der Waals surface area contributed by atoms with Crippen LogP contribution in [0.1, 0.15) is 20.3 Å². The summed E-state index contributed by atoms with van der Waals surface area (Å²) in [4.78, 5) is 19.7. The summed E-state index contributed by atoms with van der Waals surface area (Å²) in [6, 6.07) is 11.8. The molecule has 0 aliphatic rings. The summed E-state index contributed by atoms with van der Waals surface area (Å²) >= 11 is 6.14. The molecule has 168 valence electrons. The number of aliphatic hydroxyl groups is 1. The number of benzene rings is 2. The van der Waals surface area contributed by atoms with Gasteiger partial charge in [0.25, 0.3) is 0 Å². The number of rotatable bonds is 9. The Balaban J connectivity index is 1.77. The van der Waals surface area contributed by atoms with Crippen molar-refractivity contribution in [2.45, 2.75) is 26.4 Å². The topological polar surface area (TPSA) is 108 Å². The molecule has 8 nitrogen and oxygen atoms in total. The van der Waals surface area contributed by atoms with Crippen LogP contribution in [0, 0.1) is 5.82 Å². The van der Waals surface area contributed by atoms with Crippen molar-refractivity contribution in [1.82, 2.24) is 9.97 Å². The zero-order valence-corrected chi connectivity index (χ0v) is 18.3. The van der Waals surface area contributed by atoms with E-state index in [1.54, 1.807) is 56.3 Å². The Hall–Kier alpha value is -3.43. The maximum Gasteiger partial charge on any atom is 0.229 e. The molecule has 2 aromatic carbocycles. The predicted octanol–water partition coefficient (Wildman–Crippen LogP) is 4.86. The van der Waals surface area contributed by atoms with Crippen LogP contribution in [0.3, 0.4) is 0 Å². The number of halogens is 2. The molecule has 1 unspecified atom stereocenters. The number of nitrogens with one attached hydrogen (secondary N) is 3. The third-order valence-corrected chi connectivity index (χ3v) is 4.56. The van der Waals surface area contributed by atoms with Crippen LogP contribution in [-0.4, -0.2) is 33.7 Å². The van der Waals surface area contributed by atoms with Gasteiger partial charge in [-0.05, 0) is 37.3 Å². The highest BCUT2D eigenvalue weighted by molar-refractivity contribution is 6.32. The minimum absolute atomic E-state index is 0.0409. The second-order valence-corrected chi connectivity index (χ2v) is 7.29. The van der Waals surface area contributed by atoms with Crippen molar-refractivity contribution in [2.75, 3.05) is 22.6 Å². The molecule has 0 spiro atoms. The van der Waals surface area contributed by atoms with Crippen LogP contribution in [0.15, 0.2) is 48.7 Å². The molecule has 0 bridgehead atoms. The molecule has 3 rings (SSSR count). The molecule has 0 aliphatic heterocycles. The van der Waals surface area contributed by atoms with Crippen LogP contribution in [0.5, 0.6) is 5.75 Å². The monoisotopic (exact) mass is 459 g/mol. The van der Waals surface area contributed by atoms with Crippen molar-refractivity contribution in [3.05, 3.63) is 59.5 Å². The van der Waals surface area contributed by atoms with Crippen LogP contribution < -0.4 is 20.7 Å². The van der Waals surface area contributed by atoms with E-state index in [1.807, 2.05) is 0 Å². The molecule has 32 heavy (non-hydrogen) atoms. The molecule has 0 fully saturated rings. The maximum atomic E-state index is 14.3. The summed E-state index contributed by atoms with van der Waals surface area (Å²) < 4.78 is 19.9. The van der Waals surface area contributed by atoms with Gasteiger partial charge in [-0.3, -0.25) is 4.79 Å². The summed E-state index contributed by atoms with van der Waals surface area (Å²) in [5, 5.41) is 18.2. The summed E-state index contributed by atoms with van der Waals surface area (Å²) in [6.45, 7) is 3.30. The van der Waals surface area contributed by atoms with Gasteiger partial charge >= 0.3 is 0 Å². The van der Waals surface area contributed by atoms with Gasteiger partial charge in [-0.1, -0.05) is 24.6 Å². The highest BCUT2D eigenvalue weighted by Gasteiger charge is 2.11. The number of carbonyl (C=O) groups excluding carboxylic acids is 1. The molecule has 1 atom stereocenters. The van der Waals surface area contributed by atoms with Crippen LogP contribution in [0.25, 0.3) is 0 Å². The number of aliphatic hydroxyl groups excluding tert-OH is 1. The molecule has 0 saturated carbocycles. The first-order valence-corrected chi connectivity index (χ1v) is 10.3. The number of anilines is 5. The number of ether oxygens (including phenoxy) is 1. The third-order valence-electron chi connectivity index (χ3n) is 4.25. The lowest BCUT2D eigenvalue weighted by atomic mass is 10.2. The molecule has 0 aliphatic carbocycles. The second kappa shape index (κ2) is 10.7. The van der Waals surface area contributed by atoms with Gasteiger partial charge in [0.05, 0.1) is 17.8 Å². The average molecular weight is 460 g/mol. The van der Waals surface area contributed by atoms with Gasteiger partial charge in [-0.15, -0.1) is 0 Å². The van der Waals surface area contributed by atoms with E-state index in [2.05, 4.69) is 25.9 Å². The molecule has 0 saturated heterocycles. The number of hydrogen-bond donors (Lipinski definition) is 4. The Labute approximate surface area is 189 Å². The van der Waals surface area contributed by atoms with E-state index >= 15 is 0 Å². The summed E-state index contributed by atoms with van der Waals surface area (Å²) in [7, 11) is 0. The Morgan fingerprint density at radius 3 is 2.69 bits per heavy atom. The lowest BCUT2D eigenvalue weighted by molar-refractivity contribution is -0.115. The minimum Gasteiger partial charge on any atom is -0.487 e. The van der Waals surface area contributed by atoms with Crippen molar-refractivity contribution in [3.8, 4) is 5.75 Å². The Morgan fingerprint density at radius 1 is 1.19 bits per heavy atom. The van der Waals surface area contributed by atoms with Crippen molar-refractivity contribution in [1.29, 1.82) is 0 Å². The molecular formula is C22H23ClFN5O3. The molecule has 1 heterocycles. The van der Waals surface area contributed by atoms with Gasteiger partial charge in [0.2, 0.25) is 11.9 Å². The van der Waals surface area contributed by atoms with Gasteiger partial charge in [-0.2, -0.15) is 4.98 Å². The first-order valence-electron chi connectivity index (χ1n) is 9.91. The van der Waals surface area contributed by atoms with Crippen LogP contribution in [0.2, 0.25) is 5.02 Å². The lowest BCUT2D eigenvalue weighted by Crippen LogP contribution is -2.16. The zero-order valence-electron chi connectivity index (χ0n) is 17.5. The number of hydrogen-bond acceptors (Lipinski definition) is 7. The van der Waals surface area contributed by atoms with Gasteiger partial charge in [0.1, 0.15) is 11.9 Å². The molecule has 1 aromatic heterocycles. The highest BCUT2D eigenvalue weighted by atomic mass is 35.5. The lowest BCUT2D eigenvalue weighted by Gasteiger charge is -2.15. The summed E-state index contributed by atoms with van der Waals surface area (Å²) in [6.07, 6.45) is 0.962. The first kappa shape index (κ1) is 23.2. The van der Waals surface area contributed by atoms with E-state index in [0.29, 0.717) is 34.3 Å². The van der Waals surface area contributed by atoms with Crippen LogP contribution in [0.4, 0.5) is 33.2 Å². The molecule has 0 radical (unpaired) electrons. The number of amides is 1. The van der Waals surface area contributed by atoms with E-state index in [4.69, 9.17) is 16.3 Å². The van der Waals surface area contributed by atoms with Crippen LogP contribution in [-0.2, 0) is 4.79 Å². The molecule has 4 N–H and O–H groups in total. The quantitative estimate of drug-likeness (QED) is 0.361. The fourth-order valence-electron chi connectivity index (χ4n) is 2.63. The first-order chi connectivity index (χ1) is 15.4. The number of carbonyl (C=O) groups is 1. The van der Waals surface area contributed by atoms with E-state index in [-0.39, 0.29) is 24.3 Å². The Kier molecular flexibility index (Phi) is 7.80. The average Bonchev–Trinajstić information content (AvgIpc) is 2.78. The minimum atomic E-state index is -0.643. The second-order valence-electron chi connectivity index (χ2n) is 6.88. The third kappa shape index (κ3) is 6.29. The van der Waals surface area contributed by atoms with Gasteiger partial charge in [0.15, 0.2) is 11.6 Å². The van der Waals surface area contributed by atoms with Crippen molar-refractivity contribution in [2.24, 2.45) is 0 Å². The predicted molar refractivity (Wildman–Crippen MR) is 123 cm³/mol. The fourth-order valence-corrected chi connectivity index (χ4v) is 2.79. The van der Waals surface area contributed by atoms with E-state index < -0.39 is 11.9 Å². The summed E-state index contributed by atoms with van der Waals surface area (Å²) in [5.41, 5.74) is 1.69. The molecular weight excluding hydrogens is 437 g/mol. The van der Waals surface area contributed by atoms with Crippen molar-refractivity contribution < 1.29 is 19.0 Å². The molecule has 1 amide bonds. The number of nitrogens with zero attached hydrogens (tertiary/aromatic N) is 2. The standard InChI is InChI=1S/C22H23ClFN5O3/c1-3-20(31)26-14-5-4-6-15(9-14)27-21-18(24)11-25-22(29-21)28-16-7-8-17(23)19(10-16)32-13(2)12-30/h4-11,13,30H,3,12H2,1-2H3,(H,26,31)(H2,25,27,28,29). The molecule has 3 aromatic rings. The van der Waals surface area contributed by atoms with E-state index in [0.717, 1.165) is 6.20 Å². The zero-order chi connectivity index (χ0) is 23.1. The Morgan fingerprint density at radius 2 is 1.94 bits per heavy atom. The molecule has 10 heteroatoms. The highest BCUT2D eigenvalue weighted by Crippen LogP contribution is 2.30. The van der Waals surface area contributed by atoms with Gasteiger partial charge < -0.3 is 25.8 Å². The maximum absolute atomic E-state index is 14.3. The number of aromatic nitrogens is 2. The summed E-state index contributed by atoms with van der Waals surface area (Å²) in [5.74, 6) is -0.282. The SMILES string of the molecule is CCC(=O)Nc1cccc(Nc2nc(Nc3ccc(Cl)c(OC(C)CO)c3)ncc2F)c1. The fraction of sp³-hybridized carbons (Fsp3) is 0.227. The van der Waals surface area contributed by atoms with Crippen LogP contribution >= 0.6 is 11.6 Å². The normalized spacial score (nSPS) is 11.5. The Bertz CT molecular complexity index is 1100. The smallest absolute Gasteiger partial charge is 0.229 e. The van der Waals surface area contributed by atoms with Crippen molar-refractivity contribution >= 4 is 46.3 Å². The van der Waals surface area contributed by atoms with Gasteiger partial charge in [0, 0.05) is 29.5 Å². The van der Waals surface area contributed by atoms with E-state index in [9.17, 15) is 14.3 Å². The largest absolute Gasteiger partial charge is 0.487 e. The van der Waals surface area contributed by atoms with E-state index in [1.165, 1.54) is 0 Å². The van der Waals surface area contributed by atoms with Gasteiger partial charge in [-0.25, -0.2) is 9.37 Å².